The molecule has 0 radical (unpaired) electrons. The number of benzene rings is 1. The van der Waals surface area contributed by atoms with Crippen molar-refractivity contribution < 1.29 is 9.50 Å². The average Bonchev–Trinajstić information content (AvgIpc) is 2.73. The van der Waals surface area contributed by atoms with Crippen LogP contribution in [0.1, 0.15) is 18.9 Å². The molecule has 4 N–H and O–H groups in total. The lowest BCUT2D eigenvalue weighted by atomic mass is 10.0. The van der Waals surface area contributed by atoms with Crippen molar-refractivity contribution in [3.05, 3.63) is 28.0 Å². The third kappa shape index (κ3) is 2.47. The first-order valence-corrected chi connectivity index (χ1v) is 6.96. The highest BCUT2D eigenvalue weighted by atomic mass is 79.9. The normalized spacial score (nSPS) is 22.8. The van der Waals surface area contributed by atoms with Crippen molar-refractivity contribution in [1.82, 2.24) is 0 Å². The molecule has 0 aromatic heterocycles. The molecule has 1 aliphatic heterocycles. The molecule has 6 heteroatoms. The first-order valence-electron chi connectivity index (χ1n) is 6.17. The van der Waals surface area contributed by atoms with Gasteiger partial charge in [0.15, 0.2) is 5.82 Å². The summed E-state index contributed by atoms with van der Waals surface area (Å²) in [4.78, 5) is 1.88. The largest absolute Gasteiger partial charge is 0.394 e. The van der Waals surface area contributed by atoms with Gasteiger partial charge in [0, 0.05) is 12.1 Å². The molecule has 0 saturated carbocycles. The van der Waals surface area contributed by atoms with Crippen LogP contribution >= 0.6 is 15.9 Å². The summed E-state index contributed by atoms with van der Waals surface area (Å²) in [5.74, 6) is -0.276. The van der Waals surface area contributed by atoms with Crippen molar-refractivity contribution in [2.45, 2.75) is 19.4 Å². The Morgan fingerprint density at radius 3 is 2.89 bits per heavy atom. The average molecular weight is 330 g/mol. The molecule has 2 unspecified atom stereocenters. The van der Waals surface area contributed by atoms with Crippen LogP contribution in [-0.2, 0) is 0 Å². The number of amidine groups is 1. The van der Waals surface area contributed by atoms with Crippen LogP contribution in [0.5, 0.6) is 0 Å². The van der Waals surface area contributed by atoms with Gasteiger partial charge in [0.1, 0.15) is 5.84 Å². The van der Waals surface area contributed by atoms with E-state index in [0.717, 1.165) is 13.0 Å². The molecular weight excluding hydrogens is 313 g/mol. The Morgan fingerprint density at radius 1 is 1.63 bits per heavy atom. The SMILES string of the molecule is CC1CCN(c2ccc(C(=N)N)c(Br)c2F)C1CO. The quantitative estimate of drug-likeness (QED) is 0.587. The van der Waals surface area contributed by atoms with Gasteiger partial charge in [0.2, 0.25) is 0 Å². The summed E-state index contributed by atoms with van der Waals surface area (Å²) in [6.07, 6.45) is 0.927. The Bertz CT molecular complexity index is 509. The number of rotatable bonds is 3. The Labute approximate surface area is 120 Å². The number of hydrogen-bond donors (Lipinski definition) is 3. The van der Waals surface area contributed by atoms with Crippen LogP contribution in [0.2, 0.25) is 0 Å². The summed E-state index contributed by atoms with van der Waals surface area (Å²) < 4.78 is 14.6. The minimum atomic E-state index is -0.430. The summed E-state index contributed by atoms with van der Waals surface area (Å²) in [5, 5.41) is 16.8. The lowest BCUT2D eigenvalue weighted by Crippen LogP contribution is -2.35. The van der Waals surface area contributed by atoms with E-state index in [9.17, 15) is 9.50 Å². The second-order valence-corrected chi connectivity index (χ2v) is 5.68. The number of nitrogen functional groups attached to an aromatic ring is 1. The molecule has 4 nitrogen and oxygen atoms in total. The molecule has 1 aromatic rings. The number of anilines is 1. The molecule has 2 rings (SSSR count). The van der Waals surface area contributed by atoms with E-state index in [-0.39, 0.29) is 23.0 Å². The van der Waals surface area contributed by atoms with Gasteiger partial charge in [-0.05, 0) is 40.4 Å². The third-order valence-corrected chi connectivity index (χ3v) is 4.51. The Hall–Kier alpha value is -1.14. The van der Waals surface area contributed by atoms with Crippen LogP contribution in [0.3, 0.4) is 0 Å². The summed E-state index contributed by atoms with van der Waals surface area (Å²) in [5.41, 5.74) is 6.18. The number of nitrogens with zero attached hydrogens (tertiary/aromatic N) is 1. The second-order valence-electron chi connectivity index (χ2n) is 4.88. The monoisotopic (exact) mass is 329 g/mol. The smallest absolute Gasteiger partial charge is 0.161 e. The molecular formula is C13H17BrFN3O. The molecule has 0 aliphatic carbocycles. The van der Waals surface area contributed by atoms with Gasteiger partial charge >= 0.3 is 0 Å². The summed E-state index contributed by atoms with van der Waals surface area (Å²) in [7, 11) is 0. The fourth-order valence-electron chi connectivity index (χ4n) is 2.55. The van der Waals surface area contributed by atoms with Crippen molar-refractivity contribution >= 4 is 27.5 Å². The molecule has 0 amide bonds. The maximum absolute atomic E-state index is 14.4. The van der Waals surface area contributed by atoms with Crippen molar-refractivity contribution in [3.8, 4) is 0 Å². The van der Waals surface area contributed by atoms with Crippen molar-refractivity contribution in [3.63, 3.8) is 0 Å². The molecule has 1 fully saturated rings. The summed E-state index contributed by atoms with van der Waals surface area (Å²) >= 11 is 3.15. The van der Waals surface area contributed by atoms with E-state index in [0.29, 0.717) is 17.2 Å². The Balaban J connectivity index is 2.41. The van der Waals surface area contributed by atoms with Gasteiger partial charge in [0.25, 0.3) is 0 Å². The Kier molecular flexibility index (Phi) is 4.10. The highest BCUT2D eigenvalue weighted by Gasteiger charge is 2.32. The predicted octanol–water partition coefficient (Wildman–Crippen LogP) is 2.08. The van der Waals surface area contributed by atoms with Crippen molar-refractivity contribution in [2.75, 3.05) is 18.1 Å². The number of nitrogens with one attached hydrogen (secondary N) is 1. The lowest BCUT2D eigenvalue weighted by molar-refractivity contribution is 0.244. The molecule has 1 heterocycles. The second kappa shape index (κ2) is 5.46. The van der Waals surface area contributed by atoms with E-state index >= 15 is 0 Å². The molecule has 1 aromatic carbocycles. The maximum atomic E-state index is 14.4. The highest BCUT2D eigenvalue weighted by molar-refractivity contribution is 9.10. The highest BCUT2D eigenvalue weighted by Crippen LogP contribution is 2.35. The maximum Gasteiger partial charge on any atom is 0.161 e. The molecule has 1 aliphatic rings. The van der Waals surface area contributed by atoms with Crippen molar-refractivity contribution in [2.24, 2.45) is 11.7 Å². The zero-order valence-electron chi connectivity index (χ0n) is 10.7. The first kappa shape index (κ1) is 14.3. The Morgan fingerprint density at radius 2 is 2.32 bits per heavy atom. The van der Waals surface area contributed by atoms with Crippen LogP contribution in [-0.4, -0.2) is 30.1 Å². The number of halogens is 2. The standard InChI is InChI=1S/C13H17BrFN3O/c1-7-4-5-18(10(7)6-19)9-3-2-8(13(16)17)11(14)12(9)15/h2-3,7,10,19H,4-6H2,1H3,(H3,16,17). The van der Waals surface area contributed by atoms with Gasteiger partial charge in [-0.25, -0.2) is 4.39 Å². The minimum Gasteiger partial charge on any atom is -0.394 e. The number of aliphatic hydroxyl groups is 1. The van der Waals surface area contributed by atoms with E-state index in [4.69, 9.17) is 11.1 Å². The zero-order chi connectivity index (χ0) is 14.2. The van der Waals surface area contributed by atoms with Crippen LogP contribution in [0.4, 0.5) is 10.1 Å². The predicted molar refractivity (Wildman–Crippen MR) is 77.1 cm³/mol. The van der Waals surface area contributed by atoms with E-state index in [1.165, 1.54) is 0 Å². The van der Waals surface area contributed by atoms with E-state index in [1.807, 2.05) is 4.90 Å². The van der Waals surface area contributed by atoms with Crippen LogP contribution in [0.15, 0.2) is 16.6 Å². The van der Waals surface area contributed by atoms with Gasteiger partial charge in [-0.3, -0.25) is 5.41 Å². The number of hydrogen-bond acceptors (Lipinski definition) is 3. The van der Waals surface area contributed by atoms with E-state index in [1.54, 1.807) is 12.1 Å². The van der Waals surface area contributed by atoms with Gasteiger partial charge in [-0.1, -0.05) is 6.92 Å². The number of nitrogens with two attached hydrogens (primary N) is 1. The topological polar surface area (TPSA) is 73.3 Å². The number of aliphatic hydroxyl groups excluding tert-OH is 1. The molecule has 1 saturated heterocycles. The lowest BCUT2D eigenvalue weighted by Gasteiger charge is -2.28. The first-order chi connectivity index (χ1) is 8.97. The van der Waals surface area contributed by atoms with Crippen molar-refractivity contribution in [1.29, 1.82) is 5.41 Å². The fraction of sp³-hybridized carbons (Fsp3) is 0.462. The molecule has 2 atom stereocenters. The van der Waals surface area contributed by atoms with Crippen LogP contribution < -0.4 is 10.6 Å². The summed E-state index contributed by atoms with van der Waals surface area (Å²) in [6, 6.07) is 3.18. The zero-order valence-corrected chi connectivity index (χ0v) is 12.2. The fourth-order valence-corrected chi connectivity index (χ4v) is 3.10. The van der Waals surface area contributed by atoms with E-state index < -0.39 is 5.82 Å². The van der Waals surface area contributed by atoms with Gasteiger partial charge in [-0.15, -0.1) is 0 Å². The molecule has 104 valence electrons. The van der Waals surface area contributed by atoms with E-state index in [2.05, 4.69) is 22.9 Å². The minimum absolute atomic E-state index is 0.00663. The molecule has 0 bridgehead atoms. The summed E-state index contributed by atoms with van der Waals surface area (Å²) in [6.45, 7) is 2.78. The van der Waals surface area contributed by atoms with Crippen LogP contribution in [0.25, 0.3) is 0 Å². The van der Waals surface area contributed by atoms with Crippen LogP contribution in [0, 0.1) is 17.1 Å². The molecule has 0 spiro atoms. The van der Waals surface area contributed by atoms with Gasteiger partial charge < -0.3 is 15.7 Å². The van der Waals surface area contributed by atoms with Gasteiger partial charge in [0.05, 0.1) is 22.8 Å². The molecule has 19 heavy (non-hydrogen) atoms. The third-order valence-electron chi connectivity index (χ3n) is 3.73. The van der Waals surface area contributed by atoms with Gasteiger partial charge in [-0.2, -0.15) is 0 Å².